The summed E-state index contributed by atoms with van der Waals surface area (Å²) in [5.74, 6) is -0.269. The normalized spacial score (nSPS) is 24.6. The van der Waals surface area contributed by atoms with E-state index >= 15 is 0 Å². The van der Waals surface area contributed by atoms with Crippen LogP contribution in [0.25, 0.3) is 0 Å². The standard InChI is InChI=1S/C24H27N5O2/c1-6-11-28-17-10-8-7-9-15(17)24(22(28)31)16(14-25)21(26)29(27(4)5)18-12-23(2,3)13-19(30)20(18)24/h6-10H,1,11-13,26H2,2-5H3. The lowest BCUT2D eigenvalue weighted by molar-refractivity contribution is -0.125. The van der Waals surface area contributed by atoms with Crippen LogP contribution in [0.5, 0.6) is 0 Å². The van der Waals surface area contributed by atoms with Gasteiger partial charge in [-0.15, -0.1) is 6.58 Å². The summed E-state index contributed by atoms with van der Waals surface area (Å²) in [6.07, 6.45) is 2.50. The van der Waals surface area contributed by atoms with E-state index in [9.17, 15) is 14.9 Å². The van der Waals surface area contributed by atoms with Crippen molar-refractivity contribution in [2.45, 2.75) is 32.1 Å². The SMILES string of the molecule is C=CCN1C(=O)C2(C(C#N)=C(N)N(N(C)C)C3=C2C(=O)CC(C)(C)C3)c2ccccc21. The first kappa shape index (κ1) is 20.9. The van der Waals surface area contributed by atoms with Crippen molar-refractivity contribution >= 4 is 17.4 Å². The van der Waals surface area contributed by atoms with Gasteiger partial charge in [0.25, 0.3) is 0 Å². The van der Waals surface area contributed by atoms with Crippen molar-refractivity contribution < 1.29 is 9.59 Å². The number of allylic oxidation sites excluding steroid dienone is 1. The molecule has 4 rings (SSSR count). The van der Waals surface area contributed by atoms with E-state index in [0.29, 0.717) is 35.4 Å². The maximum atomic E-state index is 14.1. The van der Waals surface area contributed by atoms with E-state index in [-0.39, 0.29) is 35.0 Å². The number of ketones is 1. The fourth-order valence-corrected chi connectivity index (χ4v) is 5.31. The molecule has 1 atom stereocenters. The van der Waals surface area contributed by atoms with E-state index in [1.165, 1.54) is 0 Å². The van der Waals surface area contributed by atoms with E-state index in [4.69, 9.17) is 5.73 Å². The van der Waals surface area contributed by atoms with Crippen molar-refractivity contribution in [3.8, 4) is 6.07 Å². The summed E-state index contributed by atoms with van der Waals surface area (Å²) in [6, 6.07) is 9.54. The number of nitrogens with two attached hydrogens (primary N) is 1. The highest BCUT2D eigenvalue weighted by atomic mass is 16.2. The van der Waals surface area contributed by atoms with Gasteiger partial charge in [-0.25, -0.2) is 5.01 Å². The zero-order chi connectivity index (χ0) is 22.7. The lowest BCUT2D eigenvalue weighted by Crippen LogP contribution is -2.55. The first-order chi connectivity index (χ1) is 14.6. The monoisotopic (exact) mass is 417 g/mol. The van der Waals surface area contributed by atoms with Gasteiger partial charge in [0.2, 0.25) is 5.91 Å². The Morgan fingerprint density at radius 2 is 1.94 bits per heavy atom. The molecule has 1 spiro atoms. The average molecular weight is 418 g/mol. The number of anilines is 1. The molecule has 7 heteroatoms. The van der Waals surface area contributed by atoms with Crippen LogP contribution in [0.4, 0.5) is 5.69 Å². The minimum Gasteiger partial charge on any atom is -0.383 e. The summed E-state index contributed by atoms with van der Waals surface area (Å²) in [7, 11) is 3.62. The molecule has 0 fully saturated rings. The Morgan fingerprint density at radius 1 is 1.26 bits per heavy atom. The number of benzene rings is 1. The Hall–Kier alpha value is -3.37. The average Bonchev–Trinajstić information content (AvgIpc) is 2.91. The van der Waals surface area contributed by atoms with Gasteiger partial charge in [0, 0.05) is 49.6 Å². The molecule has 1 unspecified atom stereocenters. The minimum absolute atomic E-state index is 0.0945. The molecule has 1 aliphatic carbocycles. The van der Waals surface area contributed by atoms with E-state index < -0.39 is 5.41 Å². The summed E-state index contributed by atoms with van der Waals surface area (Å²) >= 11 is 0. The topological polar surface area (TPSA) is 93.7 Å². The third-order valence-electron chi connectivity index (χ3n) is 6.33. The molecular formula is C24H27N5O2. The third kappa shape index (κ3) is 2.61. The van der Waals surface area contributed by atoms with Crippen molar-refractivity contribution in [3.63, 3.8) is 0 Å². The van der Waals surface area contributed by atoms with Crippen molar-refractivity contribution in [3.05, 3.63) is 65.1 Å². The minimum atomic E-state index is -1.53. The van der Waals surface area contributed by atoms with Gasteiger partial charge in [0.05, 0.1) is 5.57 Å². The Bertz CT molecular complexity index is 1120. The zero-order valence-electron chi connectivity index (χ0n) is 18.4. The maximum absolute atomic E-state index is 14.1. The fraction of sp³-hybridized carbons (Fsp3) is 0.375. The van der Waals surface area contributed by atoms with Gasteiger partial charge in [0.15, 0.2) is 5.78 Å². The number of para-hydroxylation sites is 1. The number of carbonyl (C=O) groups excluding carboxylic acids is 2. The zero-order valence-corrected chi connectivity index (χ0v) is 18.4. The molecule has 2 N–H and O–H groups in total. The molecular weight excluding hydrogens is 390 g/mol. The molecule has 0 saturated carbocycles. The molecule has 1 amide bonds. The molecule has 1 aromatic carbocycles. The Morgan fingerprint density at radius 3 is 2.55 bits per heavy atom. The quantitative estimate of drug-likeness (QED) is 0.760. The van der Waals surface area contributed by atoms with E-state index in [1.807, 2.05) is 52.2 Å². The molecule has 0 radical (unpaired) electrons. The number of hydrogen-bond donors (Lipinski definition) is 1. The lowest BCUT2D eigenvalue weighted by Gasteiger charge is -2.48. The van der Waals surface area contributed by atoms with Crippen LogP contribution >= 0.6 is 0 Å². The molecule has 2 heterocycles. The number of fused-ring (bicyclic) bond motifs is 3. The van der Waals surface area contributed by atoms with Crippen molar-refractivity contribution in [2.75, 3.05) is 25.5 Å². The predicted molar refractivity (Wildman–Crippen MR) is 118 cm³/mol. The van der Waals surface area contributed by atoms with Gasteiger partial charge in [-0.05, 0) is 17.9 Å². The lowest BCUT2D eigenvalue weighted by atomic mass is 9.61. The summed E-state index contributed by atoms with van der Waals surface area (Å²) in [4.78, 5) is 29.4. The predicted octanol–water partition coefficient (Wildman–Crippen LogP) is 2.59. The largest absolute Gasteiger partial charge is 0.383 e. The first-order valence-electron chi connectivity index (χ1n) is 10.3. The van der Waals surface area contributed by atoms with E-state index in [2.05, 4.69) is 12.6 Å². The summed E-state index contributed by atoms with van der Waals surface area (Å²) < 4.78 is 0. The van der Waals surface area contributed by atoms with Crippen LogP contribution in [0.1, 0.15) is 32.3 Å². The number of Topliss-reactive ketones (excluding diaryl/α,β-unsaturated/α-hetero) is 1. The molecule has 0 bridgehead atoms. The van der Waals surface area contributed by atoms with Gasteiger partial charge in [-0.2, -0.15) is 5.26 Å². The van der Waals surface area contributed by atoms with Crippen LogP contribution in [0.3, 0.4) is 0 Å². The number of nitriles is 1. The van der Waals surface area contributed by atoms with Gasteiger partial charge in [-0.3, -0.25) is 14.6 Å². The third-order valence-corrected chi connectivity index (χ3v) is 6.33. The molecule has 2 aliphatic heterocycles. The van der Waals surface area contributed by atoms with E-state index in [0.717, 1.165) is 0 Å². The fourth-order valence-electron chi connectivity index (χ4n) is 5.31. The molecule has 1 aromatic rings. The Balaban J connectivity index is 2.15. The van der Waals surface area contributed by atoms with Crippen LogP contribution in [-0.2, 0) is 15.0 Å². The van der Waals surface area contributed by atoms with Gasteiger partial charge < -0.3 is 10.6 Å². The number of carbonyl (C=O) groups is 2. The van der Waals surface area contributed by atoms with Crippen LogP contribution in [-0.4, -0.2) is 42.3 Å². The number of nitrogens with zero attached hydrogens (tertiary/aromatic N) is 4. The molecule has 0 saturated heterocycles. The number of amides is 1. The van der Waals surface area contributed by atoms with Crippen molar-refractivity contribution in [1.29, 1.82) is 5.26 Å². The van der Waals surface area contributed by atoms with Gasteiger partial charge >= 0.3 is 0 Å². The maximum Gasteiger partial charge on any atom is 0.248 e. The molecule has 160 valence electrons. The van der Waals surface area contributed by atoms with Gasteiger partial charge in [-0.1, -0.05) is 38.1 Å². The van der Waals surface area contributed by atoms with Crippen LogP contribution in [0.15, 0.2) is 59.6 Å². The smallest absolute Gasteiger partial charge is 0.248 e. The first-order valence-corrected chi connectivity index (χ1v) is 10.3. The molecule has 3 aliphatic rings. The highest BCUT2D eigenvalue weighted by Gasteiger charge is 2.63. The number of hydrazine groups is 1. The molecule has 7 nitrogen and oxygen atoms in total. The second kappa shape index (κ2) is 6.82. The van der Waals surface area contributed by atoms with Crippen LogP contribution in [0, 0.1) is 16.7 Å². The summed E-state index contributed by atoms with van der Waals surface area (Å²) in [6.45, 7) is 8.12. The van der Waals surface area contributed by atoms with E-state index in [1.54, 1.807) is 21.0 Å². The molecule has 0 aromatic heterocycles. The second-order valence-corrected chi connectivity index (χ2v) is 9.27. The number of hydrogen-bond acceptors (Lipinski definition) is 6. The second-order valence-electron chi connectivity index (χ2n) is 9.27. The highest BCUT2D eigenvalue weighted by molar-refractivity contribution is 6.20. The van der Waals surface area contributed by atoms with Crippen molar-refractivity contribution in [2.24, 2.45) is 11.1 Å². The Kier molecular flexibility index (Phi) is 4.60. The van der Waals surface area contributed by atoms with Gasteiger partial charge in [0.1, 0.15) is 17.3 Å². The van der Waals surface area contributed by atoms with Crippen LogP contribution in [0.2, 0.25) is 0 Å². The number of rotatable bonds is 3. The molecule has 31 heavy (non-hydrogen) atoms. The van der Waals surface area contributed by atoms with Crippen molar-refractivity contribution in [1.82, 2.24) is 10.0 Å². The Labute approximate surface area is 182 Å². The highest BCUT2D eigenvalue weighted by Crippen LogP contribution is 2.57. The summed E-state index contributed by atoms with van der Waals surface area (Å²) in [5, 5.41) is 13.7. The van der Waals surface area contributed by atoms with Crippen LogP contribution < -0.4 is 10.6 Å². The summed E-state index contributed by atoms with van der Waals surface area (Å²) in [5.41, 5.74) is 7.20.